The number of unbranched alkanes of at least 4 members (excludes halogenated alkanes) is 1. The van der Waals surface area contributed by atoms with E-state index in [2.05, 4.69) is 15.6 Å². The zero-order valence-electron chi connectivity index (χ0n) is 26.0. The number of halogens is 1. The highest BCUT2D eigenvalue weighted by atomic mass is 35.5. The van der Waals surface area contributed by atoms with E-state index in [1.807, 2.05) is 6.92 Å². The molecule has 0 radical (unpaired) electrons. The number of guanidine groups is 1. The molecule has 46 heavy (non-hydrogen) atoms. The molecule has 1 aromatic rings. The summed E-state index contributed by atoms with van der Waals surface area (Å²) in [6.07, 6.45) is 0.220. The van der Waals surface area contributed by atoms with Crippen LogP contribution in [0.15, 0.2) is 23.2 Å². The van der Waals surface area contributed by atoms with Crippen LogP contribution in [0, 0.1) is 11.8 Å². The normalized spacial score (nSPS) is 23.1. The highest BCUT2D eigenvalue weighted by Gasteiger charge is 2.51. The van der Waals surface area contributed by atoms with Crippen LogP contribution in [0.4, 0.5) is 0 Å². The molecule has 1 aliphatic heterocycles. The van der Waals surface area contributed by atoms with Gasteiger partial charge in [-0.3, -0.25) is 23.9 Å². The first kappa shape index (κ1) is 37.3. The van der Waals surface area contributed by atoms with Gasteiger partial charge in [-0.2, -0.15) is 8.42 Å². The average molecular weight is 689 g/mol. The molecule has 258 valence electrons. The van der Waals surface area contributed by atoms with E-state index in [0.717, 1.165) is 0 Å². The van der Waals surface area contributed by atoms with Crippen LogP contribution in [0.3, 0.4) is 0 Å². The third-order valence-electron chi connectivity index (χ3n) is 8.64. The number of phenols is 1. The average Bonchev–Trinajstić information content (AvgIpc) is 3.36. The van der Waals surface area contributed by atoms with Gasteiger partial charge in [0.15, 0.2) is 5.96 Å². The molecule has 0 spiro atoms. The number of amides is 3. The summed E-state index contributed by atoms with van der Waals surface area (Å²) in [7, 11) is -4.75. The van der Waals surface area contributed by atoms with Crippen LogP contribution in [0.1, 0.15) is 64.4 Å². The van der Waals surface area contributed by atoms with E-state index >= 15 is 0 Å². The molecule has 1 aromatic carbocycles. The summed E-state index contributed by atoms with van der Waals surface area (Å²) in [6.45, 7) is 4.30. The number of phenolic OH excluding ortho intramolecular Hbond substituents is 1. The molecular formula is C29H45ClN6O9S. The molecule has 2 fully saturated rings. The highest BCUT2D eigenvalue weighted by molar-refractivity contribution is 7.80. The maximum absolute atomic E-state index is 14.3. The van der Waals surface area contributed by atoms with Crippen molar-refractivity contribution in [2.75, 3.05) is 13.1 Å². The number of fused-ring (bicyclic) bond motifs is 1. The molecule has 15 nitrogen and oxygen atoms in total. The van der Waals surface area contributed by atoms with Crippen LogP contribution in [0.5, 0.6) is 5.75 Å². The molecular weight excluding hydrogens is 644 g/mol. The molecule has 1 saturated carbocycles. The maximum atomic E-state index is 14.3. The number of nitrogens with zero attached hydrogens (tertiary/aromatic N) is 2. The standard InChI is InChI=1S/C29H45ClN6O9S/c1-3-16(2)25(35-27(40)24(38)13-17-6-9-23(37)20(30)12-17)28(41)36-21-15-19(45-46(42,43)44)8-7-18(21)14-22(36)26(39)33-10-4-5-11-34-29(31)32/h6,9,12,16,18-19,21-22,24-25,37-38H,3-5,7-8,10-11,13-15H2,1-2H3,(H,33,39)(H,35,40)(H4,31,32,34)(H,42,43,44)/t16-,18-,19+,21-,22-,24+,25+/m0/s1. The summed E-state index contributed by atoms with van der Waals surface area (Å²) >= 11 is 5.96. The van der Waals surface area contributed by atoms with Crippen molar-refractivity contribution in [2.45, 2.75) is 95.5 Å². The minimum absolute atomic E-state index is 0.0248. The summed E-state index contributed by atoms with van der Waals surface area (Å²) < 4.78 is 37.1. The number of hydrogen-bond acceptors (Lipinski definition) is 9. The van der Waals surface area contributed by atoms with Gasteiger partial charge in [-0.15, -0.1) is 0 Å². The van der Waals surface area contributed by atoms with E-state index in [9.17, 15) is 37.6 Å². The second-order valence-corrected chi connectivity index (χ2v) is 13.4. The number of benzene rings is 1. The highest BCUT2D eigenvalue weighted by Crippen LogP contribution is 2.42. The Kier molecular flexibility index (Phi) is 13.4. The van der Waals surface area contributed by atoms with E-state index in [-0.39, 0.29) is 35.5 Å². The molecule has 1 aliphatic carbocycles. The smallest absolute Gasteiger partial charge is 0.397 e. The molecule has 0 bridgehead atoms. The van der Waals surface area contributed by atoms with Crippen molar-refractivity contribution in [2.24, 2.45) is 28.3 Å². The molecule has 17 heteroatoms. The molecule has 9 N–H and O–H groups in total. The zero-order chi connectivity index (χ0) is 34.2. The number of aliphatic imine (C=N–C) groups is 1. The number of nitrogens with one attached hydrogen (secondary N) is 2. The predicted molar refractivity (Wildman–Crippen MR) is 170 cm³/mol. The molecule has 1 heterocycles. The van der Waals surface area contributed by atoms with Gasteiger partial charge in [0.2, 0.25) is 17.7 Å². The fourth-order valence-corrected chi connectivity index (χ4v) is 6.81. The van der Waals surface area contributed by atoms with Crippen LogP contribution in [0.2, 0.25) is 5.02 Å². The van der Waals surface area contributed by atoms with E-state index < -0.39 is 64.4 Å². The third-order valence-corrected chi connectivity index (χ3v) is 9.46. The van der Waals surface area contributed by atoms with Gasteiger partial charge in [0.05, 0.1) is 11.1 Å². The van der Waals surface area contributed by atoms with Crippen LogP contribution < -0.4 is 22.1 Å². The first-order valence-electron chi connectivity index (χ1n) is 15.4. The number of carbonyl (C=O) groups is 3. The van der Waals surface area contributed by atoms with Crippen molar-refractivity contribution in [3.8, 4) is 5.75 Å². The van der Waals surface area contributed by atoms with Crippen molar-refractivity contribution < 1.29 is 41.8 Å². The Bertz CT molecular complexity index is 1380. The lowest BCUT2D eigenvalue weighted by atomic mass is 9.83. The number of likely N-dealkylation sites (tertiary alicyclic amines) is 1. The fourth-order valence-electron chi connectivity index (χ4n) is 6.09. The number of rotatable bonds is 15. The van der Waals surface area contributed by atoms with Crippen molar-refractivity contribution in [3.63, 3.8) is 0 Å². The summed E-state index contributed by atoms with van der Waals surface area (Å²) in [5.41, 5.74) is 11.2. The van der Waals surface area contributed by atoms with E-state index in [0.29, 0.717) is 57.2 Å². The molecule has 1 saturated heterocycles. The number of aliphatic hydroxyl groups excluding tert-OH is 1. The third kappa shape index (κ3) is 10.4. The van der Waals surface area contributed by atoms with Crippen molar-refractivity contribution in [3.05, 3.63) is 28.8 Å². The zero-order valence-corrected chi connectivity index (χ0v) is 27.5. The monoisotopic (exact) mass is 688 g/mol. The van der Waals surface area contributed by atoms with Crippen molar-refractivity contribution in [1.29, 1.82) is 0 Å². The minimum atomic E-state index is -4.75. The predicted octanol–water partition coefficient (Wildman–Crippen LogP) is 0.607. The summed E-state index contributed by atoms with van der Waals surface area (Å²) in [4.78, 5) is 46.4. The van der Waals surface area contributed by atoms with Gasteiger partial charge in [-0.25, -0.2) is 4.18 Å². The van der Waals surface area contributed by atoms with E-state index in [4.69, 9.17) is 27.3 Å². The Morgan fingerprint density at radius 1 is 1.20 bits per heavy atom. The van der Waals surface area contributed by atoms with Gasteiger partial charge < -0.3 is 37.2 Å². The van der Waals surface area contributed by atoms with E-state index in [1.54, 1.807) is 6.92 Å². The number of carbonyl (C=O) groups excluding carboxylic acids is 3. The first-order chi connectivity index (χ1) is 21.6. The van der Waals surface area contributed by atoms with Gasteiger partial charge in [-0.05, 0) is 68.1 Å². The molecule has 0 unspecified atom stereocenters. The Morgan fingerprint density at radius 2 is 1.91 bits per heavy atom. The number of nitrogens with two attached hydrogens (primary N) is 2. The maximum Gasteiger partial charge on any atom is 0.397 e. The quantitative estimate of drug-likeness (QED) is 0.0582. The summed E-state index contributed by atoms with van der Waals surface area (Å²) in [6, 6.07) is 1.66. The summed E-state index contributed by atoms with van der Waals surface area (Å²) in [5, 5.41) is 26.0. The molecule has 2 aliphatic rings. The van der Waals surface area contributed by atoms with Crippen LogP contribution >= 0.6 is 11.6 Å². The van der Waals surface area contributed by atoms with Gasteiger partial charge in [0.1, 0.15) is 23.9 Å². The van der Waals surface area contributed by atoms with Crippen LogP contribution in [-0.4, -0.2) is 95.2 Å². The van der Waals surface area contributed by atoms with Gasteiger partial charge >= 0.3 is 10.4 Å². The van der Waals surface area contributed by atoms with Gasteiger partial charge in [0.25, 0.3) is 0 Å². The van der Waals surface area contributed by atoms with E-state index in [1.165, 1.54) is 23.1 Å². The lowest BCUT2D eigenvalue weighted by molar-refractivity contribution is -0.146. The van der Waals surface area contributed by atoms with Gasteiger partial charge in [-0.1, -0.05) is 37.9 Å². The second kappa shape index (κ2) is 16.6. The number of hydrogen-bond donors (Lipinski definition) is 7. The van der Waals surface area contributed by atoms with Crippen LogP contribution in [-0.2, 0) is 35.4 Å². The summed E-state index contributed by atoms with van der Waals surface area (Å²) in [5.74, 6) is -2.47. The Labute approximate surface area is 274 Å². The molecule has 0 aromatic heterocycles. The largest absolute Gasteiger partial charge is 0.506 e. The van der Waals surface area contributed by atoms with Gasteiger partial charge in [0, 0.05) is 25.6 Å². The lowest BCUT2D eigenvalue weighted by Gasteiger charge is -2.39. The molecule has 3 amide bonds. The molecule has 7 atom stereocenters. The fraction of sp³-hybridized carbons (Fsp3) is 0.655. The van der Waals surface area contributed by atoms with Crippen molar-refractivity contribution >= 4 is 45.7 Å². The topological polar surface area (TPSA) is 247 Å². The first-order valence-corrected chi connectivity index (χ1v) is 17.1. The Hall–Kier alpha value is -3.18. The Morgan fingerprint density at radius 3 is 2.54 bits per heavy atom. The lowest BCUT2D eigenvalue weighted by Crippen LogP contribution is -2.59. The molecule has 3 rings (SSSR count). The number of aliphatic hydroxyl groups is 1. The van der Waals surface area contributed by atoms with Crippen molar-refractivity contribution in [1.82, 2.24) is 15.5 Å². The van der Waals surface area contributed by atoms with Crippen LogP contribution in [0.25, 0.3) is 0 Å². The minimum Gasteiger partial charge on any atom is -0.506 e. The number of aromatic hydroxyl groups is 1. The Balaban J connectivity index is 1.82. The SMILES string of the molecule is CC[C@H](C)[C@@H](NC(=O)[C@H](O)Cc1ccc(O)c(Cl)c1)C(=O)N1[C@H](C(=O)NCCCCN=C(N)N)C[C@@H]2CC[C@@H](OS(=O)(=O)O)C[C@@H]21. The second-order valence-electron chi connectivity index (χ2n) is 12.0.